The highest BCUT2D eigenvalue weighted by molar-refractivity contribution is 7.15. The first-order valence-electron chi connectivity index (χ1n) is 14.0. The summed E-state index contributed by atoms with van der Waals surface area (Å²) >= 11 is 1.06. The molecule has 4 aromatic rings. The highest BCUT2D eigenvalue weighted by atomic mass is 32.1. The van der Waals surface area contributed by atoms with Crippen LogP contribution in [0.15, 0.2) is 36.4 Å². The van der Waals surface area contributed by atoms with Gasteiger partial charge in [-0.1, -0.05) is 23.3 Å². The van der Waals surface area contributed by atoms with Crippen molar-refractivity contribution in [2.45, 2.75) is 51.5 Å². The van der Waals surface area contributed by atoms with Gasteiger partial charge in [-0.2, -0.15) is 8.78 Å². The summed E-state index contributed by atoms with van der Waals surface area (Å²) in [6.07, 6.45) is -0.565. The molecule has 0 fully saturated rings. The van der Waals surface area contributed by atoms with E-state index in [1.165, 1.54) is 18.2 Å². The van der Waals surface area contributed by atoms with Crippen LogP contribution in [0.2, 0.25) is 0 Å². The molecular weight excluding hydrogens is 554 g/mol. The Hall–Kier alpha value is -4.57. The van der Waals surface area contributed by atoms with Gasteiger partial charge in [0.15, 0.2) is 5.01 Å². The number of carbonyl (C=O) groups excluding carboxylic acids is 2. The molecule has 2 atom stereocenters. The monoisotopic (exact) mass is 581 g/mol. The zero-order chi connectivity index (χ0) is 31.6. The third kappa shape index (κ3) is 4.95. The first-order valence-corrected chi connectivity index (χ1v) is 13.3. The average Bonchev–Trinajstić information content (AvgIpc) is 3.57. The first-order chi connectivity index (χ1) is 20.7. The average molecular weight is 582 g/mol. The number of imidazole rings is 1. The summed E-state index contributed by atoms with van der Waals surface area (Å²) in [6.45, 7) is -0.763. The fourth-order valence-corrected chi connectivity index (χ4v) is 5.61. The standard InChI is InChI=1S/C28H24F2N6O4S/c1-28(2,3)40-27(38)32-26-34-33-21(41-26)11-9-14-8-10-16-17(12-14)36-18-13-19(23(36)31-16)35(4)24(37)15-6-5-7-20(22(15)18)39-25(29)30/h5-8,10,12,18-19,25H,13H2,1-4H3,(H,32,34,38)/t18-,19-/m1/s1/i4D3. The lowest BCUT2D eigenvalue weighted by atomic mass is 9.97. The number of ether oxygens (including phenoxy) is 2. The van der Waals surface area contributed by atoms with Crippen LogP contribution < -0.4 is 10.1 Å². The number of anilines is 1. The third-order valence-electron chi connectivity index (χ3n) is 6.50. The Balaban J connectivity index is 1.40. The van der Waals surface area contributed by atoms with Gasteiger partial charge in [-0.15, -0.1) is 10.2 Å². The molecule has 4 heterocycles. The normalized spacial score (nSPS) is 18.9. The Morgan fingerprint density at radius 2 is 2.05 bits per heavy atom. The van der Waals surface area contributed by atoms with E-state index in [-0.39, 0.29) is 28.4 Å². The summed E-state index contributed by atoms with van der Waals surface area (Å²) in [6, 6.07) is 7.65. The zero-order valence-electron chi connectivity index (χ0n) is 24.9. The number of nitrogens with one attached hydrogen (secondary N) is 1. The molecule has 2 aromatic carbocycles. The van der Waals surface area contributed by atoms with Gasteiger partial charge in [0, 0.05) is 34.2 Å². The smallest absolute Gasteiger partial charge is 0.414 e. The van der Waals surface area contributed by atoms with Crippen LogP contribution in [0, 0.1) is 11.8 Å². The van der Waals surface area contributed by atoms with Gasteiger partial charge >= 0.3 is 12.7 Å². The van der Waals surface area contributed by atoms with Gasteiger partial charge in [0.05, 0.1) is 23.1 Å². The molecule has 13 heteroatoms. The number of aromatic nitrogens is 4. The van der Waals surface area contributed by atoms with Gasteiger partial charge in [0.2, 0.25) is 5.13 Å². The van der Waals surface area contributed by atoms with Crippen LogP contribution in [0.3, 0.4) is 0 Å². The minimum absolute atomic E-state index is 0.0257. The number of hydrogen-bond donors (Lipinski definition) is 1. The molecule has 10 nitrogen and oxygen atoms in total. The van der Waals surface area contributed by atoms with Crippen molar-refractivity contribution in [3.05, 3.63) is 63.9 Å². The Bertz CT molecular complexity index is 1870. The molecule has 2 bridgehead atoms. The maximum atomic E-state index is 13.6. The molecule has 0 radical (unpaired) electrons. The van der Waals surface area contributed by atoms with Gasteiger partial charge in [0.25, 0.3) is 5.91 Å². The lowest BCUT2D eigenvalue weighted by Gasteiger charge is -2.24. The van der Waals surface area contributed by atoms with Crippen molar-refractivity contribution >= 4 is 39.5 Å². The molecule has 2 aliphatic heterocycles. The van der Waals surface area contributed by atoms with Gasteiger partial charge in [0.1, 0.15) is 17.2 Å². The molecule has 2 aromatic heterocycles. The van der Waals surface area contributed by atoms with Gasteiger partial charge in [-0.05, 0) is 57.0 Å². The van der Waals surface area contributed by atoms with Crippen molar-refractivity contribution in [1.29, 1.82) is 0 Å². The van der Waals surface area contributed by atoms with Crippen molar-refractivity contribution in [2.24, 2.45) is 0 Å². The second kappa shape index (κ2) is 9.81. The molecule has 0 saturated carbocycles. The summed E-state index contributed by atoms with van der Waals surface area (Å²) in [5.74, 6) is 5.21. The van der Waals surface area contributed by atoms with E-state index < -0.39 is 43.3 Å². The molecule has 0 saturated heterocycles. The van der Waals surface area contributed by atoms with Crippen molar-refractivity contribution in [1.82, 2.24) is 24.6 Å². The number of amides is 2. The second-order valence-electron chi connectivity index (χ2n) is 10.4. The number of halogens is 2. The van der Waals surface area contributed by atoms with Crippen LogP contribution in [0.4, 0.5) is 18.7 Å². The van der Waals surface area contributed by atoms with E-state index >= 15 is 0 Å². The first kappa shape index (κ1) is 23.2. The molecule has 41 heavy (non-hydrogen) atoms. The third-order valence-corrected chi connectivity index (χ3v) is 7.25. The maximum absolute atomic E-state index is 13.6. The van der Waals surface area contributed by atoms with Crippen LogP contribution in [0.25, 0.3) is 11.0 Å². The largest absolute Gasteiger partial charge is 0.444 e. The zero-order valence-corrected chi connectivity index (χ0v) is 22.8. The number of alkyl halides is 2. The molecule has 2 amide bonds. The Morgan fingerprint density at radius 1 is 1.22 bits per heavy atom. The lowest BCUT2D eigenvalue weighted by Crippen LogP contribution is -2.30. The van der Waals surface area contributed by atoms with Crippen LogP contribution in [0.1, 0.15) is 75.7 Å². The van der Waals surface area contributed by atoms with Crippen LogP contribution in [0.5, 0.6) is 5.75 Å². The highest BCUT2D eigenvalue weighted by Crippen LogP contribution is 2.50. The molecule has 6 rings (SSSR count). The Morgan fingerprint density at radius 3 is 2.80 bits per heavy atom. The number of hydrogen-bond acceptors (Lipinski definition) is 8. The van der Waals surface area contributed by atoms with Crippen LogP contribution >= 0.6 is 11.3 Å². The molecule has 1 N–H and O–H groups in total. The van der Waals surface area contributed by atoms with Crippen molar-refractivity contribution in [2.75, 3.05) is 12.3 Å². The van der Waals surface area contributed by atoms with Crippen molar-refractivity contribution in [3.8, 4) is 17.6 Å². The molecule has 0 unspecified atom stereocenters. The fraction of sp³-hybridized carbons (Fsp3) is 0.321. The molecular formula is C28H24F2N6O4S. The van der Waals surface area contributed by atoms with Crippen LogP contribution in [-0.4, -0.2) is 55.8 Å². The molecule has 210 valence electrons. The summed E-state index contributed by atoms with van der Waals surface area (Å²) in [5, 5.41) is 11.0. The maximum Gasteiger partial charge on any atom is 0.414 e. The van der Waals surface area contributed by atoms with E-state index in [0.29, 0.717) is 27.4 Å². The van der Waals surface area contributed by atoms with Gasteiger partial charge < -0.3 is 18.9 Å². The van der Waals surface area contributed by atoms with Gasteiger partial charge in [-0.3, -0.25) is 10.1 Å². The van der Waals surface area contributed by atoms with Gasteiger partial charge in [-0.25, -0.2) is 9.78 Å². The number of nitrogens with zero attached hydrogens (tertiary/aromatic N) is 5. The summed E-state index contributed by atoms with van der Waals surface area (Å²) in [7, 11) is 0. The summed E-state index contributed by atoms with van der Waals surface area (Å²) in [4.78, 5) is 31.0. The molecule has 0 spiro atoms. The lowest BCUT2D eigenvalue weighted by molar-refractivity contribution is -0.0507. The summed E-state index contributed by atoms with van der Waals surface area (Å²) in [5.41, 5.74) is 1.10. The fourth-order valence-electron chi connectivity index (χ4n) is 5.03. The van der Waals surface area contributed by atoms with E-state index in [4.69, 9.17) is 13.6 Å². The minimum Gasteiger partial charge on any atom is -0.444 e. The van der Waals surface area contributed by atoms with E-state index in [2.05, 4.69) is 32.3 Å². The number of carbonyl (C=O) groups is 2. The summed E-state index contributed by atoms with van der Waals surface area (Å²) < 4.78 is 63.0. The Kier molecular flexibility index (Phi) is 5.54. The number of rotatable bonds is 3. The Labute approximate surface area is 241 Å². The molecule has 0 aliphatic carbocycles. The van der Waals surface area contributed by atoms with E-state index in [9.17, 15) is 18.4 Å². The minimum atomic E-state index is -3.16. The second-order valence-corrected chi connectivity index (χ2v) is 11.3. The predicted octanol–water partition coefficient (Wildman–Crippen LogP) is 5.36. The topological polar surface area (TPSA) is 111 Å². The quantitative estimate of drug-likeness (QED) is 0.325. The number of fused-ring (bicyclic) bond motifs is 9. The van der Waals surface area contributed by atoms with E-state index in [0.717, 1.165) is 16.2 Å². The SMILES string of the molecule is [2H]C([2H])([2H])N1C(=O)c2cccc(OC(F)F)c2[C@H]2C[C@@H]1c1nc3ccc(C#Cc4nnc(NC(=O)OC(C)(C)C)s4)cc3n12. The number of benzene rings is 2. The molecule has 2 aliphatic rings. The predicted molar refractivity (Wildman–Crippen MR) is 146 cm³/mol. The highest BCUT2D eigenvalue weighted by Gasteiger charge is 2.45. The van der Waals surface area contributed by atoms with Crippen LogP contribution in [-0.2, 0) is 4.74 Å². The van der Waals surface area contributed by atoms with E-state index in [1.54, 1.807) is 43.5 Å². The van der Waals surface area contributed by atoms with Crippen molar-refractivity contribution < 1.29 is 32.0 Å². The van der Waals surface area contributed by atoms with E-state index in [1.807, 2.05) is 0 Å². The van der Waals surface area contributed by atoms with Crippen molar-refractivity contribution in [3.63, 3.8) is 0 Å².